The van der Waals surface area contributed by atoms with E-state index in [-0.39, 0.29) is 30.8 Å². The molecular formula is C20H21F4N3O3. The molecule has 2 aromatic rings. The second-order valence-corrected chi connectivity index (χ2v) is 6.46. The van der Waals surface area contributed by atoms with Crippen LogP contribution in [0.25, 0.3) is 0 Å². The van der Waals surface area contributed by atoms with Crippen LogP contribution in [0.1, 0.15) is 16.8 Å². The van der Waals surface area contributed by atoms with E-state index in [1.165, 1.54) is 36.4 Å². The molecule has 0 atom stereocenters. The maximum Gasteiger partial charge on any atom is 0.401 e. The molecule has 3 N–H and O–H groups in total. The minimum absolute atomic E-state index is 0.0834. The van der Waals surface area contributed by atoms with Gasteiger partial charge in [0.1, 0.15) is 5.82 Å². The molecular weight excluding hydrogens is 406 g/mol. The molecule has 2 rings (SSSR count). The van der Waals surface area contributed by atoms with Crippen LogP contribution in [0.5, 0.6) is 0 Å². The summed E-state index contributed by atoms with van der Waals surface area (Å²) in [6.07, 6.45) is -4.41. The number of nitrogens with one attached hydrogen (secondary N) is 2. The lowest BCUT2D eigenvalue weighted by molar-refractivity contribution is -0.148. The van der Waals surface area contributed by atoms with Crippen LogP contribution in [0.15, 0.2) is 48.5 Å². The van der Waals surface area contributed by atoms with Gasteiger partial charge in [0.05, 0.1) is 24.3 Å². The number of alkyl halides is 3. The zero-order valence-electron chi connectivity index (χ0n) is 15.9. The van der Waals surface area contributed by atoms with Crippen LogP contribution < -0.4 is 10.6 Å². The topological polar surface area (TPSA) is 81.7 Å². The molecule has 0 aliphatic heterocycles. The highest BCUT2D eigenvalue weighted by Gasteiger charge is 2.31. The third-order valence-electron chi connectivity index (χ3n) is 3.95. The number of para-hydroxylation sites is 1. The minimum Gasteiger partial charge on any atom is -0.396 e. The van der Waals surface area contributed by atoms with E-state index in [9.17, 15) is 27.2 Å². The quantitative estimate of drug-likeness (QED) is 0.537. The van der Waals surface area contributed by atoms with Crippen LogP contribution in [-0.4, -0.2) is 54.2 Å². The first-order valence-electron chi connectivity index (χ1n) is 9.03. The molecule has 10 heteroatoms. The van der Waals surface area contributed by atoms with Crippen molar-refractivity contribution in [1.29, 1.82) is 0 Å². The summed E-state index contributed by atoms with van der Waals surface area (Å²) in [6.45, 7) is -2.28. The highest BCUT2D eigenvalue weighted by molar-refractivity contribution is 6.10. The van der Waals surface area contributed by atoms with Crippen LogP contribution in [0.3, 0.4) is 0 Å². The summed E-state index contributed by atoms with van der Waals surface area (Å²) in [5.74, 6) is -1.78. The molecule has 0 fully saturated rings. The molecule has 0 bridgehead atoms. The Balaban J connectivity index is 2.07. The van der Waals surface area contributed by atoms with E-state index in [1.54, 1.807) is 12.1 Å². The van der Waals surface area contributed by atoms with Gasteiger partial charge in [0.2, 0.25) is 5.91 Å². The molecule has 2 amide bonds. The number of hydrogen-bond donors (Lipinski definition) is 3. The van der Waals surface area contributed by atoms with Crippen molar-refractivity contribution in [1.82, 2.24) is 4.90 Å². The molecule has 0 spiro atoms. The van der Waals surface area contributed by atoms with Crippen molar-refractivity contribution in [2.45, 2.75) is 12.6 Å². The number of hydrogen-bond acceptors (Lipinski definition) is 4. The summed E-state index contributed by atoms with van der Waals surface area (Å²) < 4.78 is 51.1. The second kappa shape index (κ2) is 10.7. The van der Waals surface area contributed by atoms with Crippen molar-refractivity contribution in [3.8, 4) is 0 Å². The van der Waals surface area contributed by atoms with Gasteiger partial charge in [-0.1, -0.05) is 12.1 Å². The maximum absolute atomic E-state index is 13.0. The SMILES string of the molecule is O=C(CN(CCCO)CC(F)(F)F)Nc1ccccc1C(=O)Nc1ccc(F)cc1. The van der Waals surface area contributed by atoms with Gasteiger partial charge < -0.3 is 15.7 Å². The fraction of sp³-hybridized carbons (Fsp3) is 0.300. The van der Waals surface area contributed by atoms with Gasteiger partial charge in [0, 0.05) is 18.8 Å². The molecule has 162 valence electrons. The number of nitrogens with zero attached hydrogens (tertiary/aromatic N) is 1. The van der Waals surface area contributed by atoms with E-state index in [1.807, 2.05) is 0 Å². The van der Waals surface area contributed by atoms with Gasteiger partial charge in [-0.25, -0.2) is 4.39 Å². The summed E-state index contributed by atoms with van der Waals surface area (Å²) in [5.41, 5.74) is 0.548. The fourth-order valence-corrected chi connectivity index (χ4v) is 2.68. The first-order valence-corrected chi connectivity index (χ1v) is 9.03. The standard InChI is InChI=1S/C20H21F4N3O3/c21-14-6-8-15(9-7-14)25-19(30)16-4-1-2-5-17(16)26-18(29)12-27(10-3-11-28)13-20(22,23)24/h1-2,4-9,28H,3,10-13H2,(H,25,30)(H,26,29). The van der Waals surface area contributed by atoms with E-state index >= 15 is 0 Å². The number of carbonyl (C=O) groups is 2. The number of benzene rings is 2. The maximum atomic E-state index is 13.0. The Morgan fingerprint density at radius 3 is 2.30 bits per heavy atom. The largest absolute Gasteiger partial charge is 0.401 e. The second-order valence-electron chi connectivity index (χ2n) is 6.46. The van der Waals surface area contributed by atoms with Gasteiger partial charge in [-0.2, -0.15) is 13.2 Å². The molecule has 0 aliphatic carbocycles. The molecule has 0 heterocycles. The van der Waals surface area contributed by atoms with Crippen LogP contribution in [0.2, 0.25) is 0 Å². The highest BCUT2D eigenvalue weighted by Crippen LogP contribution is 2.19. The predicted octanol–water partition coefficient (Wildman–Crippen LogP) is 3.26. The lowest BCUT2D eigenvalue weighted by Crippen LogP contribution is -2.40. The number of aliphatic hydroxyl groups is 1. The number of amides is 2. The van der Waals surface area contributed by atoms with E-state index in [0.29, 0.717) is 5.69 Å². The predicted molar refractivity (Wildman–Crippen MR) is 104 cm³/mol. The van der Waals surface area contributed by atoms with Crippen molar-refractivity contribution in [3.63, 3.8) is 0 Å². The Morgan fingerprint density at radius 2 is 1.67 bits per heavy atom. The normalized spacial score (nSPS) is 11.4. The zero-order chi connectivity index (χ0) is 22.1. The van der Waals surface area contributed by atoms with Crippen LogP contribution in [0.4, 0.5) is 28.9 Å². The summed E-state index contributed by atoms with van der Waals surface area (Å²) in [7, 11) is 0. The average molecular weight is 427 g/mol. The molecule has 0 saturated carbocycles. The van der Waals surface area contributed by atoms with Crippen molar-refractivity contribution in [3.05, 3.63) is 59.9 Å². The van der Waals surface area contributed by atoms with Gasteiger partial charge in [-0.3, -0.25) is 14.5 Å². The molecule has 0 radical (unpaired) electrons. The molecule has 0 aromatic heterocycles. The van der Waals surface area contributed by atoms with Crippen LogP contribution in [0, 0.1) is 5.82 Å². The van der Waals surface area contributed by atoms with Crippen molar-refractivity contribution < 1.29 is 32.3 Å². The highest BCUT2D eigenvalue weighted by atomic mass is 19.4. The first kappa shape index (κ1) is 23.3. The van der Waals surface area contributed by atoms with E-state index in [4.69, 9.17) is 5.11 Å². The first-order chi connectivity index (χ1) is 14.2. The molecule has 6 nitrogen and oxygen atoms in total. The van der Waals surface area contributed by atoms with Crippen molar-refractivity contribution in [2.24, 2.45) is 0 Å². The molecule has 0 aliphatic rings. The zero-order valence-corrected chi connectivity index (χ0v) is 15.9. The fourth-order valence-electron chi connectivity index (χ4n) is 2.68. The summed E-state index contributed by atoms with van der Waals surface area (Å²) >= 11 is 0. The van der Waals surface area contributed by atoms with E-state index in [2.05, 4.69) is 10.6 Å². The number of anilines is 2. The number of rotatable bonds is 9. The average Bonchev–Trinajstić information content (AvgIpc) is 2.67. The Labute approximate surface area is 170 Å². The smallest absolute Gasteiger partial charge is 0.396 e. The molecule has 0 unspecified atom stereocenters. The van der Waals surface area contributed by atoms with Gasteiger partial charge in [0.25, 0.3) is 5.91 Å². The van der Waals surface area contributed by atoms with Crippen molar-refractivity contribution in [2.75, 3.05) is 36.9 Å². The summed E-state index contributed by atoms with van der Waals surface area (Å²) in [4.78, 5) is 25.7. The number of halogens is 4. The molecule has 0 saturated heterocycles. The molecule has 30 heavy (non-hydrogen) atoms. The Morgan fingerprint density at radius 1 is 1.00 bits per heavy atom. The van der Waals surface area contributed by atoms with Gasteiger partial charge >= 0.3 is 6.18 Å². The third kappa shape index (κ3) is 7.80. The van der Waals surface area contributed by atoms with Crippen molar-refractivity contribution >= 4 is 23.2 Å². The van der Waals surface area contributed by atoms with E-state index in [0.717, 1.165) is 4.90 Å². The summed E-state index contributed by atoms with van der Waals surface area (Å²) in [6, 6.07) is 11.1. The monoisotopic (exact) mass is 427 g/mol. The third-order valence-corrected chi connectivity index (χ3v) is 3.95. The summed E-state index contributed by atoms with van der Waals surface area (Å²) in [5, 5.41) is 13.8. The lowest BCUT2D eigenvalue weighted by Gasteiger charge is -2.23. The number of carbonyl (C=O) groups excluding carboxylic acids is 2. The van der Waals surface area contributed by atoms with Gasteiger partial charge in [0.15, 0.2) is 0 Å². The minimum atomic E-state index is -4.50. The van der Waals surface area contributed by atoms with Crippen LogP contribution >= 0.6 is 0 Å². The Bertz CT molecular complexity index is 857. The lowest BCUT2D eigenvalue weighted by atomic mass is 10.1. The molecule has 2 aromatic carbocycles. The number of aliphatic hydroxyl groups excluding tert-OH is 1. The Hall–Kier alpha value is -2.98. The van der Waals surface area contributed by atoms with Gasteiger partial charge in [-0.15, -0.1) is 0 Å². The van der Waals surface area contributed by atoms with Crippen LogP contribution in [-0.2, 0) is 4.79 Å². The Kier molecular flexibility index (Phi) is 8.31. The van der Waals surface area contributed by atoms with E-state index < -0.39 is 36.9 Å². The van der Waals surface area contributed by atoms with Gasteiger partial charge in [-0.05, 0) is 42.8 Å².